The predicted octanol–water partition coefficient (Wildman–Crippen LogP) is 1.88. The van der Waals surface area contributed by atoms with E-state index in [0.717, 1.165) is 9.90 Å². The highest BCUT2D eigenvalue weighted by Gasteiger charge is 2.11. The third-order valence-electron chi connectivity index (χ3n) is 1.58. The monoisotopic (exact) mass is 267 g/mol. The van der Waals surface area contributed by atoms with E-state index in [4.69, 9.17) is 5.73 Å². The molecule has 3 N–H and O–H groups in total. The lowest BCUT2D eigenvalue weighted by Crippen LogP contribution is -2.32. The Morgan fingerprint density at radius 3 is 2.67 bits per heavy atom. The number of carbonyl (C=O) groups excluding carboxylic acids is 1. The van der Waals surface area contributed by atoms with E-state index < -0.39 is 6.04 Å². The highest BCUT2D eigenvalue weighted by Crippen LogP contribution is 2.30. The molecule has 86 valence electrons. The third-order valence-corrected chi connectivity index (χ3v) is 3.87. The second-order valence-electron chi connectivity index (χ2n) is 2.87. The average molecular weight is 268 g/mol. The fraction of sp³-hybridized carbons (Fsp3) is 0.500. The highest BCUT2D eigenvalue weighted by molar-refractivity contribution is 8.00. The summed E-state index contributed by atoms with van der Waals surface area (Å²) in [7, 11) is 0. The Morgan fingerprint density at radius 2 is 2.27 bits per heavy atom. The van der Waals surface area contributed by atoms with Gasteiger partial charge in [-0.15, -0.1) is 24.2 Å². The summed E-state index contributed by atoms with van der Waals surface area (Å²) in [5.74, 6) is -0.202. The van der Waals surface area contributed by atoms with Crippen LogP contribution in [0, 0.1) is 6.92 Å². The van der Waals surface area contributed by atoms with Crippen molar-refractivity contribution in [1.82, 2.24) is 4.98 Å². The Bertz CT molecular complexity index is 341. The number of thioether (sulfide) groups is 1. The summed E-state index contributed by atoms with van der Waals surface area (Å²) in [6, 6.07) is -0.503. The number of halogens is 1. The number of thiazole rings is 1. The van der Waals surface area contributed by atoms with E-state index >= 15 is 0 Å². The van der Waals surface area contributed by atoms with Crippen molar-refractivity contribution < 1.29 is 4.79 Å². The van der Waals surface area contributed by atoms with E-state index in [1.807, 2.05) is 13.2 Å². The van der Waals surface area contributed by atoms with Crippen LogP contribution in [-0.4, -0.2) is 23.2 Å². The van der Waals surface area contributed by atoms with Gasteiger partial charge in [-0.3, -0.25) is 4.79 Å². The van der Waals surface area contributed by atoms with Gasteiger partial charge in [0.2, 0.25) is 5.91 Å². The second kappa shape index (κ2) is 6.32. The van der Waals surface area contributed by atoms with E-state index in [2.05, 4.69) is 10.3 Å². The minimum Gasteiger partial charge on any atom is -0.320 e. The van der Waals surface area contributed by atoms with Crippen LogP contribution in [0.3, 0.4) is 0 Å². The molecule has 1 rings (SSSR count). The minimum absolute atomic E-state index is 0. The number of nitrogens with one attached hydrogen (secondary N) is 1. The Labute approximate surface area is 103 Å². The van der Waals surface area contributed by atoms with Crippen molar-refractivity contribution in [2.24, 2.45) is 5.73 Å². The van der Waals surface area contributed by atoms with Crippen molar-refractivity contribution in [1.29, 1.82) is 0 Å². The standard InChI is InChI=1S/C8H13N3OS2.ClH/c1-4(9)6(12)11-8-10-5(2)7(13-3)14-8;/h4H,9H2,1-3H3,(H,10,11,12);1H. The molecule has 1 aromatic heterocycles. The molecule has 1 heterocycles. The van der Waals surface area contributed by atoms with Crippen molar-refractivity contribution in [3.63, 3.8) is 0 Å². The summed E-state index contributed by atoms with van der Waals surface area (Å²) in [5, 5.41) is 3.29. The molecule has 4 nitrogen and oxygen atoms in total. The molecule has 0 aliphatic heterocycles. The summed E-state index contributed by atoms with van der Waals surface area (Å²) in [5.41, 5.74) is 6.37. The highest BCUT2D eigenvalue weighted by atomic mass is 35.5. The van der Waals surface area contributed by atoms with Gasteiger partial charge in [0.25, 0.3) is 0 Å². The van der Waals surface area contributed by atoms with Crippen molar-refractivity contribution in [2.75, 3.05) is 11.6 Å². The van der Waals surface area contributed by atoms with E-state index in [1.54, 1.807) is 18.7 Å². The van der Waals surface area contributed by atoms with Gasteiger partial charge in [-0.05, 0) is 20.1 Å². The molecular formula is C8H14ClN3OS2. The third kappa shape index (κ3) is 3.98. The number of hydrogen-bond acceptors (Lipinski definition) is 5. The Hall–Kier alpha value is -0.300. The van der Waals surface area contributed by atoms with Crippen LogP contribution in [0.15, 0.2) is 4.21 Å². The van der Waals surface area contributed by atoms with Gasteiger partial charge in [0.05, 0.1) is 15.9 Å². The van der Waals surface area contributed by atoms with Crippen LogP contribution in [0.2, 0.25) is 0 Å². The molecule has 1 aromatic rings. The molecular weight excluding hydrogens is 254 g/mol. The number of amides is 1. The van der Waals surface area contributed by atoms with E-state index in [0.29, 0.717) is 5.13 Å². The van der Waals surface area contributed by atoms with Crippen LogP contribution in [-0.2, 0) is 4.79 Å². The number of anilines is 1. The molecule has 0 saturated carbocycles. The maximum absolute atomic E-state index is 11.2. The zero-order chi connectivity index (χ0) is 10.7. The van der Waals surface area contributed by atoms with Crippen LogP contribution in [0.1, 0.15) is 12.6 Å². The first kappa shape index (κ1) is 14.7. The van der Waals surface area contributed by atoms with E-state index in [9.17, 15) is 4.79 Å². The quantitative estimate of drug-likeness (QED) is 0.821. The van der Waals surface area contributed by atoms with Crippen molar-refractivity contribution in [3.05, 3.63) is 5.69 Å². The zero-order valence-corrected chi connectivity index (χ0v) is 11.2. The summed E-state index contributed by atoms with van der Waals surface area (Å²) in [6.07, 6.45) is 1.98. The Morgan fingerprint density at radius 1 is 1.67 bits per heavy atom. The summed E-state index contributed by atoms with van der Waals surface area (Å²) in [6.45, 7) is 3.56. The van der Waals surface area contributed by atoms with E-state index in [-0.39, 0.29) is 18.3 Å². The Kier molecular flexibility index (Phi) is 6.19. The minimum atomic E-state index is -0.503. The molecule has 0 radical (unpaired) electrons. The SMILES string of the molecule is CSc1sc(NC(=O)C(C)N)nc1C.Cl. The summed E-state index contributed by atoms with van der Waals surface area (Å²) < 4.78 is 1.12. The number of aryl methyl sites for hydroxylation is 1. The summed E-state index contributed by atoms with van der Waals surface area (Å²) >= 11 is 3.09. The fourth-order valence-corrected chi connectivity index (χ4v) is 2.46. The molecule has 0 aromatic carbocycles. The van der Waals surface area contributed by atoms with E-state index in [1.165, 1.54) is 11.3 Å². The van der Waals surface area contributed by atoms with Crippen molar-refractivity contribution in [3.8, 4) is 0 Å². The molecule has 0 fully saturated rings. The second-order valence-corrected chi connectivity index (χ2v) is 4.95. The number of nitrogens with zero attached hydrogens (tertiary/aromatic N) is 1. The number of nitrogens with two attached hydrogens (primary N) is 1. The van der Waals surface area contributed by atoms with Crippen molar-refractivity contribution in [2.45, 2.75) is 24.1 Å². The smallest absolute Gasteiger partial charge is 0.242 e. The molecule has 1 unspecified atom stereocenters. The van der Waals surface area contributed by atoms with Gasteiger partial charge >= 0.3 is 0 Å². The lowest BCUT2D eigenvalue weighted by Gasteiger charge is -2.03. The number of carbonyl (C=O) groups is 1. The number of hydrogen-bond donors (Lipinski definition) is 2. The maximum Gasteiger partial charge on any atom is 0.242 e. The van der Waals surface area contributed by atoms with Crippen LogP contribution in [0.25, 0.3) is 0 Å². The molecule has 0 saturated heterocycles. The van der Waals surface area contributed by atoms with Gasteiger partial charge in [-0.2, -0.15) is 0 Å². The molecule has 1 atom stereocenters. The van der Waals surface area contributed by atoms with Crippen LogP contribution in [0.5, 0.6) is 0 Å². The largest absolute Gasteiger partial charge is 0.320 e. The van der Waals surface area contributed by atoms with Gasteiger partial charge in [0.15, 0.2) is 5.13 Å². The molecule has 7 heteroatoms. The van der Waals surface area contributed by atoms with Crippen molar-refractivity contribution >= 4 is 46.5 Å². The molecule has 0 aliphatic carbocycles. The first-order valence-corrected chi connectivity index (χ1v) is 6.16. The number of aromatic nitrogens is 1. The van der Waals surface area contributed by atoms with Gasteiger partial charge in [-0.25, -0.2) is 4.98 Å². The molecule has 0 spiro atoms. The van der Waals surface area contributed by atoms with Crippen LogP contribution in [0.4, 0.5) is 5.13 Å². The lowest BCUT2D eigenvalue weighted by atomic mass is 10.3. The summed E-state index contributed by atoms with van der Waals surface area (Å²) in [4.78, 5) is 15.5. The van der Waals surface area contributed by atoms with Crippen LogP contribution < -0.4 is 11.1 Å². The molecule has 15 heavy (non-hydrogen) atoms. The van der Waals surface area contributed by atoms with Gasteiger partial charge in [-0.1, -0.05) is 11.3 Å². The van der Waals surface area contributed by atoms with Crippen LogP contribution >= 0.6 is 35.5 Å². The average Bonchev–Trinajstić information content (AvgIpc) is 2.45. The van der Waals surface area contributed by atoms with Gasteiger partial charge < -0.3 is 11.1 Å². The Balaban J connectivity index is 0.00000196. The first-order valence-electron chi connectivity index (χ1n) is 4.12. The lowest BCUT2D eigenvalue weighted by molar-refractivity contribution is -0.117. The topological polar surface area (TPSA) is 68.0 Å². The fourth-order valence-electron chi connectivity index (χ4n) is 0.845. The predicted molar refractivity (Wildman–Crippen MR) is 68.2 cm³/mol. The maximum atomic E-state index is 11.2. The van der Waals surface area contributed by atoms with Gasteiger partial charge in [0.1, 0.15) is 0 Å². The normalized spacial score (nSPS) is 11.7. The molecule has 0 bridgehead atoms. The molecule has 1 amide bonds. The first-order chi connectivity index (χ1) is 6.54. The molecule has 0 aliphatic rings. The number of rotatable bonds is 3. The zero-order valence-electron chi connectivity index (χ0n) is 8.73. The van der Waals surface area contributed by atoms with Gasteiger partial charge in [0, 0.05) is 0 Å².